The van der Waals surface area contributed by atoms with Crippen molar-refractivity contribution in [1.82, 2.24) is 19.0 Å². The van der Waals surface area contributed by atoms with Crippen LogP contribution >= 0.6 is 0 Å². The third-order valence-corrected chi connectivity index (χ3v) is 10.3. The number of hydrogen-bond donors (Lipinski definition) is 1. The number of aryl methyl sites for hydroxylation is 1. The molecule has 1 amide bonds. The molecule has 7 nitrogen and oxygen atoms in total. The van der Waals surface area contributed by atoms with Gasteiger partial charge >= 0.3 is 6.18 Å². The van der Waals surface area contributed by atoms with Crippen LogP contribution in [0.5, 0.6) is 5.75 Å². The molecule has 1 saturated heterocycles. The highest BCUT2D eigenvalue weighted by molar-refractivity contribution is 6.00. The Kier molecular flexibility index (Phi) is 6.98. The van der Waals surface area contributed by atoms with Crippen LogP contribution in [0.2, 0.25) is 0 Å². The number of benzene rings is 3. The smallest absolute Gasteiger partial charge is 0.416 e. The number of ether oxygens (including phenoxy) is 1. The van der Waals surface area contributed by atoms with Crippen molar-refractivity contribution in [3.63, 3.8) is 0 Å². The topological polar surface area (TPSA) is 78.3 Å². The van der Waals surface area contributed by atoms with E-state index in [2.05, 4.69) is 22.8 Å². The molecule has 2 aromatic heterocycles. The molecule has 47 heavy (non-hydrogen) atoms. The lowest BCUT2D eigenvalue weighted by Gasteiger charge is -2.27. The molecule has 3 fully saturated rings. The van der Waals surface area contributed by atoms with Gasteiger partial charge in [-0.3, -0.25) is 4.79 Å². The van der Waals surface area contributed by atoms with Crippen molar-refractivity contribution < 1.29 is 22.7 Å². The lowest BCUT2D eigenvalue weighted by atomic mass is 10.1. The van der Waals surface area contributed by atoms with E-state index in [1.807, 2.05) is 46.9 Å². The number of halogens is 3. The van der Waals surface area contributed by atoms with Gasteiger partial charge in [-0.2, -0.15) is 13.2 Å². The van der Waals surface area contributed by atoms with Crippen LogP contribution < -0.4 is 10.5 Å². The van der Waals surface area contributed by atoms with Crippen LogP contribution in [0.3, 0.4) is 0 Å². The number of fused-ring (bicyclic) bond motifs is 4. The molecule has 2 bridgehead atoms. The van der Waals surface area contributed by atoms with Crippen molar-refractivity contribution >= 4 is 40.0 Å². The van der Waals surface area contributed by atoms with E-state index in [0.29, 0.717) is 40.8 Å². The zero-order chi connectivity index (χ0) is 32.6. The Morgan fingerprint density at radius 2 is 1.74 bits per heavy atom. The highest BCUT2D eigenvalue weighted by Gasteiger charge is 2.47. The minimum absolute atomic E-state index is 0.0280. The summed E-state index contributed by atoms with van der Waals surface area (Å²) in [5.74, 6) is 2.33. The molecular formula is C37H36F3N5O2. The number of imidazole rings is 1. The molecule has 3 heterocycles. The van der Waals surface area contributed by atoms with E-state index >= 15 is 0 Å². The van der Waals surface area contributed by atoms with Gasteiger partial charge in [0.2, 0.25) is 0 Å². The fourth-order valence-corrected chi connectivity index (χ4v) is 7.58. The number of hydrogen-bond acceptors (Lipinski definition) is 4. The van der Waals surface area contributed by atoms with Crippen LogP contribution in [-0.4, -0.2) is 50.7 Å². The van der Waals surface area contributed by atoms with Crippen LogP contribution in [0.25, 0.3) is 45.6 Å². The van der Waals surface area contributed by atoms with Crippen LogP contribution in [0.4, 0.5) is 13.2 Å². The number of nitrogens with zero attached hydrogens (tertiary/aromatic N) is 4. The first kappa shape index (κ1) is 29.8. The zero-order valence-corrected chi connectivity index (χ0v) is 26.3. The molecule has 1 unspecified atom stereocenters. The van der Waals surface area contributed by atoms with Gasteiger partial charge in [0.05, 0.1) is 23.9 Å². The molecule has 5 aromatic rings. The number of carbonyl (C=O) groups is 1. The largest absolute Gasteiger partial charge is 0.494 e. The molecule has 2 aliphatic carbocycles. The van der Waals surface area contributed by atoms with E-state index in [9.17, 15) is 18.0 Å². The molecule has 8 rings (SSSR count). The number of alkyl halides is 3. The summed E-state index contributed by atoms with van der Waals surface area (Å²) in [4.78, 5) is 20.7. The summed E-state index contributed by atoms with van der Waals surface area (Å²) in [5.41, 5.74) is 11.5. The number of nitrogens with two attached hydrogens (primary N) is 1. The monoisotopic (exact) mass is 639 g/mol. The van der Waals surface area contributed by atoms with Gasteiger partial charge in [0.1, 0.15) is 11.3 Å². The third-order valence-electron chi connectivity index (χ3n) is 10.3. The van der Waals surface area contributed by atoms with Gasteiger partial charge in [-0.15, -0.1) is 0 Å². The Bertz CT molecular complexity index is 2050. The average molecular weight is 640 g/mol. The normalized spacial score (nSPS) is 21.1. The molecular weight excluding hydrogens is 603 g/mol. The van der Waals surface area contributed by atoms with E-state index < -0.39 is 11.7 Å². The van der Waals surface area contributed by atoms with Crippen molar-refractivity contribution in [3.8, 4) is 17.3 Å². The van der Waals surface area contributed by atoms with E-state index in [0.717, 1.165) is 65.0 Å². The SMILES string of the molecule is COc1cc(C(=O)N2C[C@H]3CCC2[C@@H]3N)cc2nc(-c3cc4cc(/C=C/c5ccc(C(F)(F)F)cc5)ccc4n3CC3CC3)n(C)c12. The Hall–Kier alpha value is -4.57. The maximum atomic E-state index is 13.7. The van der Waals surface area contributed by atoms with Crippen molar-refractivity contribution in [2.75, 3.05) is 13.7 Å². The summed E-state index contributed by atoms with van der Waals surface area (Å²) in [6, 6.07) is 17.4. The lowest BCUT2D eigenvalue weighted by molar-refractivity contribution is -0.137. The Labute approximate surface area is 270 Å². The molecule has 10 heteroatoms. The third kappa shape index (κ3) is 5.19. The highest BCUT2D eigenvalue weighted by Crippen LogP contribution is 2.40. The average Bonchev–Trinajstić information content (AvgIpc) is 3.46. The van der Waals surface area contributed by atoms with Crippen molar-refractivity contribution in [1.29, 1.82) is 0 Å². The number of aromatic nitrogens is 3. The number of piperidine rings is 1. The number of likely N-dealkylation sites (tertiary alicyclic amines) is 1. The first-order valence-corrected chi connectivity index (χ1v) is 16.2. The minimum atomic E-state index is -4.36. The molecule has 0 radical (unpaired) electrons. The van der Waals surface area contributed by atoms with Gasteiger partial charge in [-0.25, -0.2) is 4.98 Å². The van der Waals surface area contributed by atoms with Crippen LogP contribution in [0, 0.1) is 11.8 Å². The lowest BCUT2D eigenvalue weighted by Crippen LogP contribution is -2.41. The number of carbonyl (C=O) groups excluding carboxylic acids is 1. The fourth-order valence-electron chi connectivity index (χ4n) is 7.58. The van der Waals surface area contributed by atoms with E-state index in [-0.39, 0.29) is 18.0 Å². The highest BCUT2D eigenvalue weighted by atomic mass is 19.4. The summed E-state index contributed by atoms with van der Waals surface area (Å²) in [7, 11) is 3.59. The first-order chi connectivity index (χ1) is 22.6. The predicted octanol–water partition coefficient (Wildman–Crippen LogP) is 7.36. The second kappa shape index (κ2) is 11.0. The molecule has 3 aromatic carbocycles. The van der Waals surface area contributed by atoms with Crippen LogP contribution in [0.15, 0.2) is 60.7 Å². The van der Waals surface area contributed by atoms with Crippen molar-refractivity contribution in [3.05, 3.63) is 82.9 Å². The van der Waals surface area contributed by atoms with Crippen molar-refractivity contribution in [2.24, 2.45) is 24.6 Å². The summed E-state index contributed by atoms with van der Waals surface area (Å²) >= 11 is 0. The second-order valence-electron chi connectivity index (χ2n) is 13.3. The molecule has 242 valence electrons. The first-order valence-electron chi connectivity index (χ1n) is 16.2. The standard InChI is InChI=1S/C37H36F3N5O2/c1-43-34-28(16-26(18-32(34)47-2)36(46)45-20-24-10-14-30(45)33(24)41)42-35(43)31-17-25-15-22(9-13-29(25)44(31)19-23-5-6-23)4-3-21-7-11-27(12-8-21)37(38,39)40/h3-4,7-9,11-13,15-18,23-24,30,33H,5-6,10,14,19-20,41H2,1-2H3/b4-3+/t24-,30?,33-/m1/s1. The molecule has 0 spiro atoms. The summed E-state index contributed by atoms with van der Waals surface area (Å²) in [6.45, 7) is 1.57. The molecule has 2 N–H and O–H groups in total. The molecule has 3 aliphatic rings. The van der Waals surface area contributed by atoms with Gasteiger partial charge < -0.3 is 24.5 Å². The number of amides is 1. The molecule has 2 saturated carbocycles. The molecule has 1 aliphatic heterocycles. The Morgan fingerprint density at radius 1 is 1.00 bits per heavy atom. The van der Waals surface area contributed by atoms with E-state index in [4.69, 9.17) is 15.5 Å². The fraction of sp³-hybridized carbons (Fsp3) is 0.351. The van der Waals surface area contributed by atoms with Gasteiger partial charge in [0.25, 0.3) is 5.91 Å². The molecule has 3 atom stereocenters. The minimum Gasteiger partial charge on any atom is -0.494 e. The van der Waals surface area contributed by atoms with E-state index in [1.165, 1.54) is 25.0 Å². The predicted molar refractivity (Wildman–Crippen MR) is 177 cm³/mol. The van der Waals surface area contributed by atoms with Gasteiger partial charge in [-0.05, 0) is 91.1 Å². The van der Waals surface area contributed by atoms with Crippen LogP contribution in [0.1, 0.15) is 52.7 Å². The van der Waals surface area contributed by atoms with Crippen molar-refractivity contribution in [2.45, 2.75) is 50.5 Å². The summed E-state index contributed by atoms with van der Waals surface area (Å²) in [6.07, 6.45) is 3.78. The van der Waals surface area contributed by atoms with Gasteiger partial charge in [0, 0.05) is 48.7 Å². The maximum absolute atomic E-state index is 13.7. The summed E-state index contributed by atoms with van der Waals surface area (Å²) in [5, 5.41) is 1.05. The Morgan fingerprint density at radius 3 is 2.40 bits per heavy atom. The van der Waals surface area contributed by atoms with E-state index in [1.54, 1.807) is 7.11 Å². The number of methoxy groups -OCH3 is 1. The maximum Gasteiger partial charge on any atom is 0.416 e. The quantitative estimate of drug-likeness (QED) is 0.189. The van der Waals surface area contributed by atoms with Crippen LogP contribution in [-0.2, 0) is 19.8 Å². The van der Waals surface area contributed by atoms with Gasteiger partial charge in [0.15, 0.2) is 5.82 Å². The number of rotatable bonds is 7. The zero-order valence-electron chi connectivity index (χ0n) is 26.3. The Balaban J connectivity index is 1.16. The summed E-state index contributed by atoms with van der Waals surface area (Å²) < 4.78 is 49.1. The second-order valence-corrected chi connectivity index (χ2v) is 13.3. The van der Waals surface area contributed by atoms with Gasteiger partial charge in [-0.1, -0.05) is 30.4 Å².